The smallest absolute Gasteiger partial charge is 0.138 e. The molecule has 1 saturated heterocycles. The van der Waals surface area contributed by atoms with Gasteiger partial charge in [0.15, 0.2) is 0 Å². The molecule has 2 N–H and O–H groups in total. The first-order valence-electron chi connectivity index (χ1n) is 7.17. The summed E-state index contributed by atoms with van der Waals surface area (Å²) in [6.07, 6.45) is -6.43. The molecule has 1 heterocycles. The Kier molecular flexibility index (Phi) is 5.15. The molecule has 3 rings (SSSR count). The van der Waals surface area contributed by atoms with Gasteiger partial charge in [-0.15, -0.1) is 0 Å². The van der Waals surface area contributed by atoms with Crippen molar-refractivity contribution < 1.29 is 28.6 Å². The maximum absolute atomic E-state index is 12.2. The fourth-order valence-electron chi connectivity index (χ4n) is 2.68. The quantitative estimate of drug-likeness (QED) is 0.808. The van der Waals surface area contributed by atoms with Gasteiger partial charge in [-0.3, -0.25) is 0 Å². The fourth-order valence-corrected chi connectivity index (χ4v) is 2.94. The predicted octanol–water partition coefficient (Wildman–Crippen LogP) is 0.721. The number of ether oxygens (including phenoxy) is 2. The zero-order valence-corrected chi connectivity index (χ0v) is 13.6. The molecule has 0 unspecified atom stereocenters. The molecule has 23 heavy (non-hydrogen) atoms. The third-order valence-electron chi connectivity index (χ3n) is 3.88. The second-order valence-electron chi connectivity index (χ2n) is 5.36. The first kappa shape index (κ1) is 16.6. The zero-order chi connectivity index (χ0) is 16.4. The number of hydrogen-bond acceptors (Lipinski definition) is 6. The molecule has 1 aliphatic rings. The minimum Gasteiger partial charge on any atom is -0.828 e. The summed E-state index contributed by atoms with van der Waals surface area (Å²) in [5.74, 6) is 0.457. The zero-order valence-electron chi connectivity index (χ0n) is 12.0. The Labute approximate surface area is 141 Å². The van der Waals surface area contributed by atoms with E-state index in [1.54, 1.807) is 12.1 Å². The molecule has 0 amide bonds. The van der Waals surface area contributed by atoms with Crippen LogP contribution in [0.2, 0.25) is 0 Å². The van der Waals surface area contributed by atoms with E-state index in [1.807, 2.05) is 30.3 Å². The topological polar surface area (TPSA) is 91.2 Å². The molecular weight excluding hydrogens is 368 g/mol. The molecule has 0 aromatic heterocycles. The minimum absolute atomic E-state index is 0.0576. The van der Waals surface area contributed by atoms with Crippen molar-refractivity contribution >= 4 is 27.0 Å². The summed E-state index contributed by atoms with van der Waals surface area (Å²) in [6.45, 7) is -0.0576. The molecule has 7 heteroatoms. The fraction of sp³-hybridized carbons (Fsp3) is 0.375. The first-order valence-corrected chi connectivity index (χ1v) is 7.82. The summed E-state index contributed by atoms with van der Waals surface area (Å²) in [6, 6.07) is 13.0. The third-order valence-corrected chi connectivity index (χ3v) is 4.15. The number of halogens is 1. The van der Waals surface area contributed by atoms with Gasteiger partial charge >= 0.3 is 0 Å². The van der Waals surface area contributed by atoms with Crippen molar-refractivity contribution in [2.75, 3.05) is 6.61 Å². The van der Waals surface area contributed by atoms with E-state index < -0.39 is 30.7 Å². The van der Waals surface area contributed by atoms with E-state index in [0.717, 1.165) is 10.8 Å². The minimum atomic E-state index is -1.64. The van der Waals surface area contributed by atoms with Gasteiger partial charge in [0.25, 0.3) is 0 Å². The summed E-state index contributed by atoms with van der Waals surface area (Å²) in [4.78, 5) is 0. The molecule has 2 aromatic carbocycles. The van der Waals surface area contributed by atoms with Crippen LogP contribution in [0.3, 0.4) is 0 Å². The summed E-state index contributed by atoms with van der Waals surface area (Å²) < 4.78 is 15.5. The highest BCUT2D eigenvalue weighted by Crippen LogP contribution is 2.29. The van der Waals surface area contributed by atoms with E-state index in [1.165, 1.54) is 0 Å². The molecule has 0 radical (unpaired) electrons. The maximum Gasteiger partial charge on any atom is 0.138 e. The van der Waals surface area contributed by atoms with Crippen LogP contribution in [0.15, 0.2) is 42.5 Å². The highest BCUT2D eigenvalue weighted by Gasteiger charge is 2.41. The lowest BCUT2D eigenvalue weighted by Crippen LogP contribution is -2.64. The Balaban J connectivity index is 1.84. The number of hydrogen-bond donors (Lipinski definition) is 2. The SMILES string of the molecule is [O-][C@H]1O[C@H](COBr)[C@H](O)[C@H](O)[C@H]1Oc1cccc2ccccc12. The Morgan fingerprint density at radius 3 is 2.61 bits per heavy atom. The highest BCUT2D eigenvalue weighted by molar-refractivity contribution is 9.06. The van der Waals surface area contributed by atoms with Crippen molar-refractivity contribution in [3.63, 3.8) is 0 Å². The van der Waals surface area contributed by atoms with Gasteiger partial charge < -0.3 is 28.6 Å². The Morgan fingerprint density at radius 1 is 1.09 bits per heavy atom. The molecule has 0 spiro atoms. The second kappa shape index (κ2) is 7.12. The van der Waals surface area contributed by atoms with Crippen molar-refractivity contribution in [3.05, 3.63) is 42.5 Å². The summed E-state index contributed by atoms with van der Waals surface area (Å²) in [5.41, 5.74) is 0. The standard InChI is InChI=1S/C16H16BrO6/c17-21-8-12-13(18)14(19)15(16(20)23-12)22-11-7-3-5-9-4-1-2-6-10(9)11/h1-7,12-16,18-19H,8H2/q-1/t12-,13+,14+,15-,16+/m1/s1. The van der Waals surface area contributed by atoms with Crippen molar-refractivity contribution in [1.29, 1.82) is 0 Å². The van der Waals surface area contributed by atoms with Gasteiger partial charge in [-0.2, -0.15) is 0 Å². The van der Waals surface area contributed by atoms with E-state index in [9.17, 15) is 15.3 Å². The van der Waals surface area contributed by atoms with Crippen LogP contribution in [0, 0.1) is 0 Å². The van der Waals surface area contributed by atoms with Crippen LogP contribution in [0.4, 0.5) is 0 Å². The molecule has 1 aliphatic heterocycles. The van der Waals surface area contributed by atoms with Gasteiger partial charge in [0.1, 0.15) is 30.2 Å². The summed E-state index contributed by atoms with van der Waals surface area (Å²) in [7, 11) is 0. The Bertz CT molecular complexity index is 661. The lowest BCUT2D eigenvalue weighted by molar-refractivity contribution is -0.529. The number of fused-ring (bicyclic) bond motifs is 1. The second-order valence-corrected chi connectivity index (χ2v) is 5.82. The summed E-state index contributed by atoms with van der Waals surface area (Å²) in [5, 5.41) is 34.2. The van der Waals surface area contributed by atoms with Gasteiger partial charge in [-0.25, -0.2) is 0 Å². The first-order chi connectivity index (χ1) is 11.1. The van der Waals surface area contributed by atoms with Crippen LogP contribution in [0.25, 0.3) is 10.8 Å². The molecule has 124 valence electrons. The van der Waals surface area contributed by atoms with Crippen LogP contribution in [0.5, 0.6) is 5.75 Å². The molecule has 0 bridgehead atoms. The van der Waals surface area contributed by atoms with Gasteiger partial charge in [-0.1, -0.05) is 36.4 Å². The van der Waals surface area contributed by atoms with E-state index >= 15 is 0 Å². The average molecular weight is 384 g/mol. The van der Waals surface area contributed by atoms with Gasteiger partial charge in [0, 0.05) is 11.7 Å². The van der Waals surface area contributed by atoms with Crippen LogP contribution < -0.4 is 9.84 Å². The normalized spacial score (nSPS) is 31.2. The molecule has 0 aliphatic carbocycles. The molecule has 0 saturated carbocycles. The van der Waals surface area contributed by atoms with Crippen LogP contribution in [0.1, 0.15) is 0 Å². The number of aliphatic hydroxyl groups is 2. The molecule has 5 atom stereocenters. The lowest BCUT2D eigenvalue weighted by atomic mass is 9.99. The van der Waals surface area contributed by atoms with Gasteiger partial charge in [0.2, 0.25) is 0 Å². The largest absolute Gasteiger partial charge is 0.828 e. The maximum atomic E-state index is 12.2. The van der Waals surface area contributed by atoms with Crippen molar-refractivity contribution in [3.8, 4) is 5.75 Å². The average Bonchev–Trinajstić information content (AvgIpc) is 2.56. The highest BCUT2D eigenvalue weighted by atomic mass is 79.9. The Morgan fingerprint density at radius 2 is 1.83 bits per heavy atom. The predicted molar refractivity (Wildman–Crippen MR) is 83.9 cm³/mol. The molecule has 2 aromatic rings. The van der Waals surface area contributed by atoms with E-state index in [2.05, 4.69) is 16.3 Å². The van der Waals surface area contributed by atoms with Gasteiger partial charge in [0.05, 0.1) is 22.9 Å². The van der Waals surface area contributed by atoms with Crippen LogP contribution in [-0.4, -0.2) is 47.5 Å². The lowest BCUT2D eigenvalue weighted by Gasteiger charge is -2.45. The number of rotatable bonds is 4. The summed E-state index contributed by atoms with van der Waals surface area (Å²) >= 11 is 2.74. The van der Waals surface area contributed by atoms with Crippen LogP contribution in [-0.2, 0) is 8.57 Å². The van der Waals surface area contributed by atoms with E-state index in [0.29, 0.717) is 5.75 Å². The van der Waals surface area contributed by atoms with Crippen molar-refractivity contribution in [2.24, 2.45) is 0 Å². The van der Waals surface area contributed by atoms with E-state index in [4.69, 9.17) is 13.3 Å². The van der Waals surface area contributed by atoms with Gasteiger partial charge in [-0.05, 0) is 11.5 Å². The van der Waals surface area contributed by atoms with Crippen LogP contribution >= 0.6 is 16.3 Å². The van der Waals surface area contributed by atoms with Crippen molar-refractivity contribution in [2.45, 2.75) is 30.7 Å². The van der Waals surface area contributed by atoms with E-state index in [-0.39, 0.29) is 6.61 Å². The molecular formula is C16H16BrO6-. The molecule has 1 fully saturated rings. The third kappa shape index (κ3) is 3.35. The molecule has 6 nitrogen and oxygen atoms in total. The number of benzene rings is 2. The monoisotopic (exact) mass is 383 g/mol. The Hall–Kier alpha value is -1.22. The number of aliphatic hydroxyl groups excluding tert-OH is 2. The van der Waals surface area contributed by atoms with Crippen molar-refractivity contribution in [1.82, 2.24) is 0 Å².